The minimum Gasteiger partial charge on any atom is -0.372 e. The lowest BCUT2D eigenvalue weighted by atomic mass is 9.92. The number of anilines is 1. The third-order valence-electron chi connectivity index (χ3n) is 7.87. The maximum absolute atomic E-state index is 12.8. The van der Waals surface area contributed by atoms with E-state index in [1.54, 1.807) is 12.5 Å². The van der Waals surface area contributed by atoms with E-state index >= 15 is 0 Å². The monoisotopic (exact) mass is 596 g/mol. The van der Waals surface area contributed by atoms with Gasteiger partial charge in [0.1, 0.15) is 23.6 Å². The molecule has 3 N–H and O–H groups in total. The summed E-state index contributed by atoms with van der Waals surface area (Å²) in [5.74, 6) is 0.954. The van der Waals surface area contributed by atoms with E-state index < -0.39 is 0 Å². The third kappa shape index (κ3) is 8.07. The van der Waals surface area contributed by atoms with Gasteiger partial charge in [0.2, 0.25) is 6.41 Å². The molecule has 2 aromatic carbocycles. The zero-order chi connectivity index (χ0) is 32.1. The van der Waals surface area contributed by atoms with Crippen molar-refractivity contribution in [2.45, 2.75) is 72.3 Å². The van der Waals surface area contributed by atoms with Crippen molar-refractivity contribution in [3.05, 3.63) is 108 Å². The van der Waals surface area contributed by atoms with Crippen molar-refractivity contribution >= 4 is 23.3 Å². The Kier molecular flexibility index (Phi) is 13.0. The van der Waals surface area contributed by atoms with Gasteiger partial charge < -0.3 is 15.6 Å². The minimum atomic E-state index is -0.196. The highest BCUT2D eigenvalue weighted by Gasteiger charge is 2.24. The molecule has 1 saturated carbocycles. The molecule has 44 heavy (non-hydrogen) atoms. The van der Waals surface area contributed by atoms with Crippen LogP contribution in [0, 0.1) is 12.7 Å². The van der Waals surface area contributed by atoms with Crippen LogP contribution in [-0.4, -0.2) is 33.0 Å². The number of amides is 1. The van der Waals surface area contributed by atoms with E-state index in [1.807, 2.05) is 46.0 Å². The summed E-state index contributed by atoms with van der Waals surface area (Å²) in [4.78, 5) is 21.9. The predicted molar refractivity (Wildman–Crippen MR) is 179 cm³/mol. The average molecular weight is 597 g/mol. The number of fused-ring (bicyclic) bond motifs is 1. The van der Waals surface area contributed by atoms with Crippen LogP contribution in [0.2, 0.25) is 0 Å². The van der Waals surface area contributed by atoms with E-state index in [2.05, 4.69) is 80.9 Å². The van der Waals surface area contributed by atoms with Gasteiger partial charge in [0.15, 0.2) is 0 Å². The molecule has 1 amide bonds. The van der Waals surface area contributed by atoms with E-state index in [4.69, 9.17) is 4.79 Å². The van der Waals surface area contributed by atoms with E-state index in [9.17, 15) is 4.39 Å². The van der Waals surface area contributed by atoms with Gasteiger partial charge in [0, 0.05) is 42.7 Å². The molecule has 0 saturated heterocycles. The minimum absolute atomic E-state index is 0.196. The first kappa shape index (κ1) is 33.9. The number of pyridine rings is 1. The fourth-order valence-corrected chi connectivity index (χ4v) is 5.24. The van der Waals surface area contributed by atoms with Crippen LogP contribution in [0.15, 0.2) is 79.4 Å². The summed E-state index contributed by atoms with van der Waals surface area (Å²) in [7, 11) is 1.92. The summed E-state index contributed by atoms with van der Waals surface area (Å²) >= 11 is 0. The number of hydrogen-bond donors (Lipinski definition) is 2. The predicted octanol–water partition coefficient (Wildman–Crippen LogP) is 8.24. The second-order valence-electron chi connectivity index (χ2n) is 10.3. The highest BCUT2D eigenvalue weighted by atomic mass is 19.1. The Labute approximate surface area is 260 Å². The van der Waals surface area contributed by atoms with Crippen molar-refractivity contribution in [2.75, 3.05) is 12.4 Å². The van der Waals surface area contributed by atoms with Gasteiger partial charge in [-0.25, -0.2) is 14.4 Å². The molecule has 3 heterocycles. The number of nitrogens with two attached hydrogens (primary N) is 1. The number of carbonyl (C=O) groups is 1. The molecule has 8 heteroatoms. The molecule has 0 spiro atoms. The van der Waals surface area contributed by atoms with Crippen molar-refractivity contribution in [1.82, 2.24) is 19.5 Å². The molecule has 5 aromatic rings. The summed E-state index contributed by atoms with van der Waals surface area (Å²) in [6.45, 7) is 10.3. The van der Waals surface area contributed by atoms with Crippen LogP contribution in [0.1, 0.15) is 81.3 Å². The summed E-state index contributed by atoms with van der Waals surface area (Å²) < 4.78 is 15.2. The second-order valence-corrected chi connectivity index (χ2v) is 10.3. The topological polar surface area (TPSA) is 98.7 Å². The van der Waals surface area contributed by atoms with Crippen molar-refractivity contribution in [1.29, 1.82) is 0 Å². The Morgan fingerprint density at radius 3 is 2.25 bits per heavy atom. The zero-order valence-corrected chi connectivity index (χ0v) is 26.7. The lowest BCUT2D eigenvalue weighted by Gasteiger charge is -2.27. The Morgan fingerprint density at radius 1 is 1.05 bits per heavy atom. The second kappa shape index (κ2) is 16.9. The van der Waals surface area contributed by atoms with Gasteiger partial charge in [-0.3, -0.25) is 9.78 Å². The lowest BCUT2D eigenvalue weighted by molar-refractivity contribution is -0.106. The molecule has 0 bridgehead atoms. The van der Waals surface area contributed by atoms with E-state index in [1.165, 1.54) is 53.6 Å². The molecule has 1 atom stereocenters. The maximum Gasteiger partial charge on any atom is 0.204 e. The highest BCUT2D eigenvalue weighted by Crippen LogP contribution is 2.40. The van der Waals surface area contributed by atoms with E-state index in [0.29, 0.717) is 6.04 Å². The largest absolute Gasteiger partial charge is 0.372 e. The first-order valence-electron chi connectivity index (χ1n) is 15.4. The molecule has 3 aromatic heterocycles. The summed E-state index contributed by atoms with van der Waals surface area (Å²) in [6.07, 6.45) is 10.8. The van der Waals surface area contributed by atoms with Crippen LogP contribution in [0.5, 0.6) is 0 Å². The van der Waals surface area contributed by atoms with Crippen LogP contribution < -0.4 is 11.1 Å². The molecular formula is C36H45FN6O. The van der Waals surface area contributed by atoms with Gasteiger partial charge in [0.05, 0.1) is 5.39 Å². The van der Waals surface area contributed by atoms with Gasteiger partial charge in [0.25, 0.3) is 0 Å². The van der Waals surface area contributed by atoms with Crippen LogP contribution in [-0.2, 0) is 11.2 Å². The number of nitrogens with one attached hydrogen (secondary N) is 1. The maximum atomic E-state index is 12.8. The molecule has 0 aliphatic heterocycles. The standard InChI is InChI=1S/C19H22N4.C14H14FN.C2H6.CH3NO/c1-3-13-7-9-14(10-8-13)16-11-23(15-5-4-6-15)19-17(16)18(20-2)21-12-22-19;1-10(12-5-7-13(15)8-6-12)14-4-3-9-16-11(14)2;1-2;2-1-3/h7-12,15H,3-6H2,1-2H3,(H,20,21,22);3-10H,1-2H3;1-2H3;1H,(H2,2,3). The smallest absolute Gasteiger partial charge is 0.204 e. The molecule has 1 aliphatic rings. The molecule has 1 aliphatic carbocycles. The van der Waals surface area contributed by atoms with Crippen LogP contribution >= 0.6 is 0 Å². The Balaban J connectivity index is 0.000000221. The number of hydrogen-bond acceptors (Lipinski definition) is 5. The fourth-order valence-electron chi connectivity index (χ4n) is 5.24. The number of carbonyl (C=O) groups excluding carboxylic acids is 1. The molecule has 7 nitrogen and oxygen atoms in total. The van der Waals surface area contributed by atoms with Crippen molar-refractivity contribution in [3.63, 3.8) is 0 Å². The lowest BCUT2D eigenvalue weighted by Crippen LogP contribution is -2.16. The number of aromatic nitrogens is 4. The van der Waals surface area contributed by atoms with Crippen LogP contribution in [0.4, 0.5) is 10.2 Å². The first-order valence-corrected chi connectivity index (χ1v) is 15.4. The molecule has 6 rings (SSSR count). The number of rotatable bonds is 6. The van der Waals surface area contributed by atoms with Crippen molar-refractivity contribution in [3.8, 4) is 11.1 Å². The fraction of sp³-hybridized carbons (Fsp3) is 0.333. The molecule has 1 unspecified atom stereocenters. The SMILES string of the molecule is CC.CCc1ccc(-c2cn(C3CCC3)c3ncnc(NC)c23)cc1.Cc1ncccc1C(C)c1ccc(F)cc1.NC=O. The third-order valence-corrected chi connectivity index (χ3v) is 7.87. The van der Waals surface area contributed by atoms with E-state index in [-0.39, 0.29) is 18.1 Å². The molecule has 1 fully saturated rings. The van der Waals surface area contributed by atoms with Gasteiger partial charge in [-0.05, 0) is 73.1 Å². The Bertz CT molecular complexity index is 1590. The van der Waals surface area contributed by atoms with Crippen LogP contribution in [0.3, 0.4) is 0 Å². The highest BCUT2D eigenvalue weighted by molar-refractivity contribution is 6.01. The number of benzene rings is 2. The summed E-state index contributed by atoms with van der Waals surface area (Å²) in [6, 6.07) is 20.1. The molecular weight excluding hydrogens is 551 g/mol. The first-order chi connectivity index (χ1) is 21.4. The zero-order valence-electron chi connectivity index (χ0n) is 26.7. The molecule has 0 radical (unpaired) electrons. The Hall–Kier alpha value is -4.59. The van der Waals surface area contributed by atoms with Crippen molar-refractivity contribution in [2.24, 2.45) is 5.73 Å². The molecule has 232 valence electrons. The number of aryl methyl sites for hydroxylation is 2. The van der Waals surface area contributed by atoms with Crippen molar-refractivity contribution < 1.29 is 9.18 Å². The number of halogens is 1. The van der Waals surface area contributed by atoms with Gasteiger partial charge in [-0.1, -0.05) is 70.2 Å². The number of primary amides is 1. The Morgan fingerprint density at radius 2 is 1.70 bits per heavy atom. The summed E-state index contributed by atoms with van der Waals surface area (Å²) in [5, 5.41) is 4.36. The average Bonchev–Trinajstić information content (AvgIpc) is 3.41. The number of nitrogens with zero attached hydrogens (tertiary/aromatic N) is 4. The van der Waals surface area contributed by atoms with Gasteiger partial charge >= 0.3 is 0 Å². The van der Waals surface area contributed by atoms with Gasteiger partial charge in [-0.15, -0.1) is 0 Å². The van der Waals surface area contributed by atoms with Crippen LogP contribution in [0.25, 0.3) is 22.2 Å². The van der Waals surface area contributed by atoms with Gasteiger partial charge in [-0.2, -0.15) is 0 Å². The van der Waals surface area contributed by atoms with E-state index in [0.717, 1.165) is 34.5 Å². The normalized spacial score (nSPS) is 12.7. The summed E-state index contributed by atoms with van der Waals surface area (Å²) in [5.41, 5.74) is 12.4. The quantitative estimate of drug-likeness (QED) is 0.192.